The van der Waals surface area contributed by atoms with Crippen LogP contribution >= 0.6 is 0 Å². The Hall–Kier alpha value is -7.75. The molecule has 286 valence electrons. The predicted molar refractivity (Wildman–Crippen MR) is 250 cm³/mol. The number of nitrogens with zero attached hydrogens (tertiary/aromatic N) is 1. The highest BCUT2D eigenvalue weighted by molar-refractivity contribution is 6.24. The zero-order valence-electron chi connectivity index (χ0n) is 33.1. The molecule has 0 fully saturated rings. The van der Waals surface area contributed by atoms with Gasteiger partial charge in [0, 0.05) is 11.3 Å². The summed E-state index contributed by atoms with van der Waals surface area (Å²) in [4.78, 5) is 5.34. The number of rotatable bonds is 9. The van der Waals surface area contributed by atoms with Gasteiger partial charge in [-0.05, 0) is 85.0 Å². The van der Waals surface area contributed by atoms with Gasteiger partial charge >= 0.3 is 0 Å². The molecule has 0 bridgehead atoms. The van der Waals surface area contributed by atoms with Gasteiger partial charge in [-0.25, -0.2) is 0 Å². The molecule has 10 rings (SSSR count). The largest absolute Gasteiger partial charge is 0.373 e. The summed E-state index contributed by atoms with van der Waals surface area (Å²) in [6.45, 7) is 0. The van der Waals surface area contributed by atoms with Crippen molar-refractivity contribution in [3.63, 3.8) is 0 Å². The van der Waals surface area contributed by atoms with Gasteiger partial charge in [-0.2, -0.15) is 0 Å². The molecule has 0 amide bonds. The van der Waals surface area contributed by atoms with Crippen molar-refractivity contribution in [3.8, 4) is 11.1 Å². The van der Waals surface area contributed by atoms with Crippen LogP contribution in [-0.4, -0.2) is 5.71 Å². The normalized spacial score (nSPS) is 16.3. The van der Waals surface area contributed by atoms with Crippen LogP contribution in [0.5, 0.6) is 0 Å². The molecule has 0 aliphatic carbocycles. The Labute approximate surface area is 352 Å². The Kier molecular flexibility index (Phi) is 10.1. The lowest BCUT2D eigenvalue weighted by Gasteiger charge is -2.36. The van der Waals surface area contributed by atoms with E-state index in [1.807, 2.05) is 0 Å². The minimum atomic E-state index is -0.294. The number of benzene rings is 8. The fourth-order valence-corrected chi connectivity index (χ4v) is 8.53. The summed E-state index contributed by atoms with van der Waals surface area (Å²) in [5.41, 5.74) is 18.1. The van der Waals surface area contributed by atoms with E-state index in [1.54, 1.807) is 0 Å². The molecule has 0 saturated heterocycles. The zero-order valence-corrected chi connectivity index (χ0v) is 33.1. The number of aliphatic imine (C=N–C) groups is 1. The van der Waals surface area contributed by atoms with Crippen LogP contribution in [-0.2, 0) is 0 Å². The van der Waals surface area contributed by atoms with Gasteiger partial charge in [0.1, 0.15) is 6.17 Å². The van der Waals surface area contributed by atoms with E-state index < -0.39 is 0 Å². The number of nitrogens with one attached hydrogen (secondary N) is 2. The molecule has 0 spiro atoms. The van der Waals surface area contributed by atoms with E-state index in [0.29, 0.717) is 0 Å². The Morgan fingerprint density at radius 2 is 0.817 bits per heavy atom. The summed E-state index contributed by atoms with van der Waals surface area (Å²) < 4.78 is 0. The third kappa shape index (κ3) is 7.41. The fourth-order valence-electron chi connectivity index (χ4n) is 8.53. The monoisotopic (exact) mass is 769 g/mol. The van der Waals surface area contributed by atoms with Crippen molar-refractivity contribution in [1.82, 2.24) is 10.6 Å². The molecule has 2 heterocycles. The summed E-state index contributed by atoms with van der Waals surface area (Å²) >= 11 is 0. The van der Waals surface area contributed by atoms with Crippen molar-refractivity contribution in [3.05, 3.63) is 281 Å². The van der Waals surface area contributed by atoms with Gasteiger partial charge in [0.15, 0.2) is 0 Å². The van der Waals surface area contributed by atoms with Gasteiger partial charge in [-0.3, -0.25) is 4.99 Å². The van der Waals surface area contributed by atoms with Crippen LogP contribution in [0.3, 0.4) is 0 Å². The lowest BCUT2D eigenvalue weighted by molar-refractivity contribution is 0.664. The predicted octanol–water partition coefficient (Wildman–Crippen LogP) is 13.3. The van der Waals surface area contributed by atoms with Crippen LogP contribution in [0, 0.1) is 0 Å². The highest BCUT2D eigenvalue weighted by atomic mass is 15.1. The zero-order chi connectivity index (χ0) is 40.1. The van der Waals surface area contributed by atoms with Gasteiger partial charge in [-0.1, -0.05) is 218 Å². The van der Waals surface area contributed by atoms with E-state index in [4.69, 9.17) is 4.99 Å². The molecule has 2 aliphatic rings. The van der Waals surface area contributed by atoms with Gasteiger partial charge in [0.2, 0.25) is 0 Å². The summed E-state index contributed by atoms with van der Waals surface area (Å²) in [6.07, 6.45) is 1.91. The lowest BCUT2D eigenvalue weighted by atomic mass is 9.76. The molecule has 0 aromatic heterocycles. The van der Waals surface area contributed by atoms with E-state index in [9.17, 15) is 0 Å². The molecular weight excluding hydrogens is 727 g/mol. The molecule has 0 radical (unpaired) electrons. The van der Waals surface area contributed by atoms with E-state index in [2.05, 4.69) is 247 Å². The first-order valence-electron chi connectivity index (χ1n) is 20.6. The Morgan fingerprint density at radius 3 is 1.47 bits per heavy atom. The molecule has 2 aliphatic heterocycles. The number of dihydropyridines is 1. The maximum Gasteiger partial charge on any atom is 0.145 e. The van der Waals surface area contributed by atoms with Crippen molar-refractivity contribution >= 4 is 33.8 Å². The highest BCUT2D eigenvalue weighted by Gasteiger charge is 2.33. The highest BCUT2D eigenvalue weighted by Crippen LogP contribution is 2.50. The van der Waals surface area contributed by atoms with Crippen LogP contribution < -0.4 is 10.6 Å². The second-order valence-corrected chi connectivity index (χ2v) is 15.2. The molecule has 60 heavy (non-hydrogen) atoms. The van der Waals surface area contributed by atoms with Crippen molar-refractivity contribution in [2.75, 3.05) is 0 Å². The molecular formula is C57H43N3. The number of hydrogen-bond donors (Lipinski definition) is 2. The smallest absolute Gasteiger partial charge is 0.145 e. The molecule has 8 aromatic carbocycles. The molecule has 3 nitrogen and oxygen atoms in total. The minimum Gasteiger partial charge on any atom is -0.373 e. The Morgan fingerprint density at radius 1 is 0.333 bits per heavy atom. The van der Waals surface area contributed by atoms with Crippen LogP contribution in [0.1, 0.15) is 56.7 Å². The lowest BCUT2D eigenvalue weighted by Crippen LogP contribution is -2.27. The van der Waals surface area contributed by atoms with E-state index in [1.165, 1.54) is 27.8 Å². The Balaban J connectivity index is 1.18. The second-order valence-electron chi connectivity index (χ2n) is 15.2. The first-order valence-corrected chi connectivity index (χ1v) is 20.6. The molecule has 2 N–H and O–H groups in total. The first kappa shape index (κ1) is 36.6. The average molecular weight is 770 g/mol. The minimum absolute atomic E-state index is 0.125. The average Bonchev–Trinajstić information content (AvgIpc) is 3.35. The van der Waals surface area contributed by atoms with Crippen LogP contribution in [0.2, 0.25) is 0 Å². The first-order chi connectivity index (χ1) is 29.8. The van der Waals surface area contributed by atoms with Gasteiger partial charge in [-0.15, -0.1) is 0 Å². The van der Waals surface area contributed by atoms with Crippen molar-refractivity contribution < 1.29 is 0 Å². The maximum atomic E-state index is 5.34. The fraction of sp³-hybridized carbons (Fsp3) is 0.0351. The third-order valence-electron chi connectivity index (χ3n) is 11.4. The molecule has 8 aromatic rings. The summed E-state index contributed by atoms with van der Waals surface area (Å²) in [5, 5.41) is 7.99. The van der Waals surface area contributed by atoms with Crippen LogP contribution in [0.15, 0.2) is 242 Å². The molecule has 2 atom stereocenters. The summed E-state index contributed by atoms with van der Waals surface area (Å²) in [5.74, 6) is 0. The molecule has 0 saturated carbocycles. The number of hydrogen-bond acceptors (Lipinski definition) is 3. The van der Waals surface area contributed by atoms with Crippen LogP contribution in [0.4, 0.5) is 0 Å². The number of allylic oxidation sites excluding steroid dienone is 3. The molecule has 3 heteroatoms. The maximum absolute atomic E-state index is 5.34. The topological polar surface area (TPSA) is 36.4 Å². The van der Waals surface area contributed by atoms with Crippen molar-refractivity contribution in [2.24, 2.45) is 4.99 Å². The quantitative estimate of drug-likeness (QED) is 0.153. The SMILES string of the molecule is C1=C(c2cccc(C3=C(c4ccccc4)C(c4ccccc4)NC(c4ccccc4)=C3c3ccccc3)c2)NC(c2cccc(-c3ccccc3)c2)N=C1c1ccccc1. The standard InChI is InChI=1S/C57H43N3/c1-7-21-40(22-8-1)46-33-19-36-49(37-46)57-58-50(41-23-9-2-10-24-41)39-51(59-57)47-34-20-35-48(38-47)52-53(42-25-11-3-12-26-42)55(44-29-15-5-16-30-44)60-56(45-31-17-6-18-32-45)54(52)43-27-13-4-14-28-43/h1-39,55,57,59-60H. The Bertz CT molecular complexity index is 2880. The van der Waals surface area contributed by atoms with E-state index in [-0.39, 0.29) is 12.2 Å². The van der Waals surface area contributed by atoms with E-state index >= 15 is 0 Å². The van der Waals surface area contributed by atoms with Crippen LogP contribution in [0.25, 0.3) is 39.2 Å². The van der Waals surface area contributed by atoms with Gasteiger partial charge < -0.3 is 10.6 Å². The van der Waals surface area contributed by atoms with Gasteiger partial charge in [0.25, 0.3) is 0 Å². The van der Waals surface area contributed by atoms with Crippen molar-refractivity contribution in [1.29, 1.82) is 0 Å². The third-order valence-corrected chi connectivity index (χ3v) is 11.4. The summed E-state index contributed by atoms with van der Waals surface area (Å²) in [6, 6.07) is 82.0. The van der Waals surface area contributed by atoms with Gasteiger partial charge in [0.05, 0.1) is 17.5 Å². The molecule has 2 unspecified atom stereocenters. The van der Waals surface area contributed by atoms with E-state index in [0.717, 1.165) is 61.6 Å². The second kappa shape index (κ2) is 16.6. The van der Waals surface area contributed by atoms with Crippen molar-refractivity contribution in [2.45, 2.75) is 12.2 Å². The summed E-state index contributed by atoms with van der Waals surface area (Å²) in [7, 11) is 0.